The summed E-state index contributed by atoms with van der Waals surface area (Å²) in [4.78, 5) is 28.2. The maximum absolute atomic E-state index is 14.6. The number of rotatable bonds is 4. The molecule has 0 radical (unpaired) electrons. The lowest BCUT2D eigenvalue weighted by Crippen LogP contribution is -2.84. The van der Waals surface area contributed by atoms with E-state index in [0.717, 1.165) is 35.0 Å². The Morgan fingerprint density at radius 2 is 1.79 bits per heavy atom. The second-order valence-corrected chi connectivity index (χ2v) is 22.5. The highest BCUT2D eigenvalue weighted by atomic mass is 16.5. The predicted molar refractivity (Wildman–Crippen MR) is 230 cm³/mol. The number of carbonyl (C=O) groups excluding carboxylic acids is 2. The SMILES string of the molecule is CN[C@H]1Cc2c(cccc2CO)C#CCC[C@]23C[C@H]4C=C[C@H]5C[C@H](O)[C@@H]6C[C@H]7C=CC[C@@H](C8CCCC8)[C@@H]7C[C@H]7C[C@](O)([C@H]4[C@]5(C=O)[C@]76O)[C@@]2(O)C[C@@H]2C[C@@H]1[C@H]1OC(=O)C=C1[C@@H]23. The molecule has 11 aliphatic carbocycles. The van der Waals surface area contributed by atoms with Crippen LogP contribution in [0.3, 0.4) is 0 Å². The number of nitrogens with one attached hydrogen (secondary N) is 1. The van der Waals surface area contributed by atoms with Crippen LogP contribution in [0.5, 0.6) is 0 Å². The third-order valence-electron chi connectivity index (χ3n) is 20.9. The van der Waals surface area contributed by atoms with Crippen molar-refractivity contribution < 1.29 is 39.9 Å². The van der Waals surface area contributed by atoms with Crippen LogP contribution >= 0.6 is 0 Å². The quantitative estimate of drug-likeness (QED) is 0.102. The Morgan fingerprint density at radius 3 is 2.58 bits per heavy atom. The first-order chi connectivity index (χ1) is 30.0. The molecule has 1 aliphatic heterocycles. The highest BCUT2D eigenvalue weighted by Gasteiger charge is 2.86. The van der Waals surface area contributed by atoms with Gasteiger partial charge in [0.05, 0.1) is 29.3 Å². The molecule has 9 nitrogen and oxygen atoms in total. The monoisotopic (exact) mass is 843 g/mol. The molecule has 1 aromatic rings. The lowest BCUT2D eigenvalue weighted by atomic mass is 9.31. The van der Waals surface area contributed by atoms with E-state index < -0.39 is 63.5 Å². The van der Waals surface area contributed by atoms with E-state index in [-0.39, 0.29) is 60.5 Å². The van der Waals surface area contributed by atoms with Gasteiger partial charge in [0.2, 0.25) is 0 Å². The molecule has 330 valence electrons. The number of hydrogen-bond donors (Lipinski definition) is 6. The van der Waals surface area contributed by atoms with E-state index in [1.165, 1.54) is 25.7 Å². The second kappa shape index (κ2) is 14.0. The molecule has 1 heterocycles. The zero-order valence-electron chi connectivity index (χ0n) is 36.1. The maximum atomic E-state index is 14.6. The molecule has 1 aromatic carbocycles. The van der Waals surface area contributed by atoms with Crippen molar-refractivity contribution in [2.45, 2.75) is 138 Å². The van der Waals surface area contributed by atoms with Crippen molar-refractivity contribution in [1.29, 1.82) is 0 Å². The first-order valence-corrected chi connectivity index (χ1v) is 24.4. The van der Waals surface area contributed by atoms with Crippen LogP contribution in [0.4, 0.5) is 0 Å². The van der Waals surface area contributed by atoms with Gasteiger partial charge >= 0.3 is 5.97 Å². The van der Waals surface area contributed by atoms with E-state index in [0.29, 0.717) is 69.6 Å². The van der Waals surface area contributed by atoms with E-state index >= 15 is 0 Å². The predicted octanol–water partition coefficient (Wildman–Crippen LogP) is 5.34. The second-order valence-electron chi connectivity index (χ2n) is 22.5. The molecule has 0 aromatic heterocycles. The number of allylic oxidation sites excluding steroid dienone is 4. The number of hydrogen-bond acceptors (Lipinski definition) is 9. The minimum atomic E-state index is -1.75. The summed E-state index contributed by atoms with van der Waals surface area (Å²) >= 11 is 0. The highest BCUT2D eigenvalue weighted by Crippen LogP contribution is 2.80. The van der Waals surface area contributed by atoms with E-state index in [4.69, 9.17) is 4.74 Å². The molecule has 13 rings (SSSR count). The minimum Gasteiger partial charge on any atom is -0.454 e. The number of likely N-dealkylation sites (N-methyl/N-ethyl adjacent to an activating group) is 1. The normalized spacial score (nSPS) is 51.6. The average molecular weight is 844 g/mol. The number of aliphatic hydroxyl groups is 5. The van der Waals surface area contributed by atoms with Crippen molar-refractivity contribution in [3.05, 3.63) is 70.8 Å². The lowest BCUT2D eigenvalue weighted by Gasteiger charge is -2.75. The van der Waals surface area contributed by atoms with Crippen molar-refractivity contribution >= 4 is 12.3 Å². The number of ether oxygens (including phenoxy) is 1. The van der Waals surface area contributed by atoms with Gasteiger partial charge in [0.1, 0.15) is 18.0 Å². The van der Waals surface area contributed by atoms with Gasteiger partial charge < -0.3 is 40.4 Å². The van der Waals surface area contributed by atoms with E-state index in [1.807, 2.05) is 25.2 Å². The van der Waals surface area contributed by atoms with Gasteiger partial charge in [-0.15, -0.1) is 0 Å². The van der Waals surface area contributed by atoms with Gasteiger partial charge in [-0.25, -0.2) is 4.79 Å². The Morgan fingerprint density at radius 1 is 0.952 bits per heavy atom. The van der Waals surface area contributed by atoms with Crippen LogP contribution in [-0.4, -0.2) is 79.9 Å². The molecule has 7 fully saturated rings. The third-order valence-corrected chi connectivity index (χ3v) is 20.9. The average Bonchev–Trinajstić information content (AvgIpc) is 3.98. The Hall–Kier alpha value is -3.10. The van der Waals surface area contributed by atoms with Gasteiger partial charge in [0, 0.05) is 47.3 Å². The van der Waals surface area contributed by atoms with E-state index in [9.17, 15) is 35.1 Å². The van der Waals surface area contributed by atoms with Crippen LogP contribution in [0.2, 0.25) is 0 Å². The zero-order valence-corrected chi connectivity index (χ0v) is 36.1. The van der Waals surface area contributed by atoms with Gasteiger partial charge in [-0.2, -0.15) is 0 Å². The molecule has 7 saturated carbocycles. The molecule has 62 heavy (non-hydrogen) atoms. The van der Waals surface area contributed by atoms with Crippen molar-refractivity contribution in [2.24, 2.45) is 81.8 Å². The molecule has 0 saturated heterocycles. The fraction of sp³-hybridized carbons (Fsp3) is 0.698. The third kappa shape index (κ3) is 4.93. The Balaban J connectivity index is 1.05. The van der Waals surface area contributed by atoms with Crippen LogP contribution in [0, 0.1) is 93.7 Å². The van der Waals surface area contributed by atoms with Crippen LogP contribution < -0.4 is 5.32 Å². The summed E-state index contributed by atoms with van der Waals surface area (Å²) in [5.74, 6) is 5.02. The van der Waals surface area contributed by atoms with Crippen LogP contribution in [-0.2, 0) is 27.4 Å². The molecule has 12 aliphatic rings. The van der Waals surface area contributed by atoms with Gasteiger partial charge in [-0.1, -0.05) is 74.0 Å². The molecule has 0 unspecified atom stereocenters. The van der Waals surface area contributed by atoms with E-state index in [1.54, 1.807) is 6.08 Å². The maximum Gasteiger partial charge on any atom is 0.331 e. The summed E-state index contributed by atoms with van der Waals surface area (Å²) in [5.41, 5.74) is -3.69. The highest BCUT2D eigenvalue weighted by molar-refractivity contribution is 5.86. The standard InChI is InChI=1S/C53H65NO8/c1-54-43-22-38-30(11-6-13-33(38)27-55)10-4-5-17-49-24-32-15-16-35-21-44(57)42-19-31-12-7-14-37(29-8-2-3-9-29)39(31)20-36-26-51(59,48(32)50(35,28-56)53(36,42)61)52(49,60)25-34-18-40(43)47-41(46(34)49)23-45(58)62-47/h6-7,11-13,15-16,23,28-29,31-32,34-37,39-40,42-44,46-48,54-55,57,59-61H,2-3,5,8-9,14,17-22,24-27H2,1H3/t31-,32-,34+,35+,36+,37+,39-,40+,42+,43+,44+,46-,47-,48-,49-,50-,51+,52-,53+/m1/s1. The van der Waals surface area contributed by atoms with Gasteiger partial charge in [-0.05, 0) is 147 Å². The number of benzene rings is 1. The van der Waals surface area contributed by atoms with Gasteiger partial charge in [-0.3, -0.25) is 0 Å². The largest absolute Gasteiger partial charge is 0.454 e. The van der Waals surface area contributed by atoms with Crippen molar-refractivity contribution in [2.75, 3.05) is 7.05 Å². The van der Waals surface area contributed by atoms with Crippen LogP contribution in [0.1, 0.15) is 107 Å². The van der Waals surface area contributed by atoms with Crippen LogP contribution in [0.15, 0.2) is 54.2 Å². The Labute approximate surface area is 365 Å². The van der Waals surface area contributed by atoms with Crippen molar-refractivity contribution in [1.82, 2.24) is 5.32 Å². The summed E-state index contributed by atoms with van der Waals surface area (Å²) in [6, 6.07) is 5.76. The number of esters is 1. The fourth-order valence-corrected chi connectivity index (χ4v) is 18.9. The molecule has 4 bridgehead atoms. The molecule has 0 amide bonds. The fourth-order valence-electron chi connectivity index (χ4n) is 18.9. The smallest absolute Gasteiger partial charge is 0.331 e. The first-order valence-electron chi connectivity index (χ1n) is 24.4. The van der Waals surface area contributed by atoms with E-state index in [2.05, 4.69) is 41.5 Å². The van der Waals surface area contributed by atoms with Crippen molar-refractivity contribution in [3.8, 4) is 11.8 Å². The van der Waals surface area contributed by atoms with Crippen LogP contribution in [0.25, 0.3) is 0 Å². The molecule has 6 N–H and O–H groups in total. The van der Waals surface area contributed by atoms with Gasteiger partial charge in [0.15, 0.2) is 0 Å². The minimum absolute atomic E-state index is 0.0919. The molecular formula is C53H65NO8. The molecule has 1 spiro atoms. The Bertz CT molecular complexity index is 2220. The topological polar surface area (TPSA) is 157 Å². The molecule has 19 atom stereocenters. The Kier molecular flexibility index (Phi) is 9.10. The lowest BCUT2D eigenvalue weighted by molar-refractivity contribution is -0.361. The summed E-state index contributed by atoms with van der Waals surface area (Å²) in [6.07, 6.45) is 21.0. The molecule has 9 heteroatoms. The molecular weight excluding hydrogens is 779 g/mol. The summed E-state index contributed by atoms with van der Waals surface area (Å²) < 4.78 is 6.32. The summed E-state index contributed by atoms with van der Waals surface area (Å²) in [5, 5.41) is 69.1. The van der Waals surface area contributed by atoms with Gasteiger partial charge in [0.25, 0.3) is 0 Å². The first kappa shape index (κ1) is 40.4. The number of carbonyl (C=O) groups is 2. The zero-order chi connectivity index (χ0) is 42.6. The number of fused-ring (bicyclic) bond motifs is 5. The summed E-state index contributed by atoms with van der Waals surface area (Å²) in [7, 11) is 1.94. The number of aliphatic hydroxyl groups excluding tert-OH is 2. The number of aldehydes is 1. The summed E-state index contributed by atoms with van der Waals surface area (Å²) in [6.45, 7) is -0.108. The van der Waals surface area contributed by atoms with Crippen molar-refractivity contribution in [3.63, 3.8) is 0 Å².